The van der Waals surface area contributed by atoms with Crippen LogP contribution < -0.4 is 5.56 Å². The Kier molecular flexibility index (Phi) is 1.99. The molecule has 0 radical (unpaired) electrons. The normalized spacial score (nSPS) is 15.3. The minimum atomic E-state index is -0.748. The molecule has 1 aliphatic rings. The number of carbonyl (C=O) groups excluding carboxylic acids is 1. The lowest BCUT2D eigenvalue weighted by atomic mass is 10.2. The third-order valence-corrected chi connectivity index (χ3v) is 2.56. The zero-order valence-corrected chi connectivity index (χ0v) is 8.52. The Hall–Kier alpha value is -1.85. The predicted octanol–water partition coefficient (Wildman–Crippen LogP) is -0.657. The van der Waals surface area contributed by atoms with E-state index < -0.39 is 11.3 Å². The van der Waals surface area contributed by atoms with E-state index in [4.69, 9.17) is 0 Å². The average molecular weight is 209 g/mol. The van der Waals surface area contributed by atoms with E-state index in [2.05, 4.69) is 4.98 Å². The van der Waals surface area contributed by atoms with Crippen molar-refractivity contribution in [1.29, 1.82) is 0 Å². The van der Waals surface area contributed by atoms with Crippen molar-refractivity contribution in [2.24, 2.45) is 0 Å². The molecule has 6 nitrogen and oxygen atoms in total. The van der Waals surface area contributed by atoms with Crippen molar-refractivity contribution in [2.45, 2.75) is 13.5 Å². The molecule has 2 heterocycles. The molecule has 80 valence electrons. The molecule has 0 aromatic carbocycles. The van der Waals surface area contributed by atoms with E-state index in [1.807, 2.05) is 0 Å². The van der Waals surface area contributed by atoms with Crippen molar-refractivity contribution in [3.63, 3.8) is 0 Å². The Morgan fingerprint density at radius 3 is 2.67 bits per heavy atom. The highest BCUT2D eigenvalue weighted by Crippen LogP contribution is 2.18. The molecule has 1 aromatic heterocycles. The van der Waals surface area contributed by atoms with Gasteiger partial charge in [0, 0.05) is 20.1 Å². The zero-order valence-electron chi connectivity index (χ0n) is 8.52. The standard InChI is InChI=1S/C9H11N3O3/c1-5-10-8(14)7(13)6-9(15)11(2)3-4-12(5)6/h13H,3-4H2,1-2H3. The number of hydrogen-bond acceptors (Lipinski definition) is 4. The van der Waals surface area contributed by atoms with Crippen LogP contribution in [-0.2, 0) is 6.54 Å². The Morgan fingerprint density at radius 1 is 1.33 bits per heavy atom. The van der Waals surface area contributed by atoms with Crippen molar-refractivity contribution in [3.05, 3.63) is 21.9 Å². The lowest BCUT2D eigenvalue weighted by molar-refractivity contribution is 0.0739. The summed E-state index contributed by atoms with van der Waals surface area (Å²) in [6.45, 7) is 2.74. The Balaban J connectivity index is 2.76. The number of aromatic nitrogens is 2. The SMILES string of the molecule is Cc1nc(=O)c(O)c2n1CCN(C)C2=O. The van der Waals surface area contributed by atoms with Crippen LogP contribution in [0.5, 0.6) is 5.75 Å². The Morgan fingerprint density at radius 2 is 2.00 bits per heavy atom. The molecule has 1 amide bonds. The number of nitrogens with zero attached hydrogens (tertiary/aromatic N) is 3. The second-order valence-corrected chi connectivity index (χ2v) is 3.54. The first kappa shape index (κ1) is 9.70. The highest BCUT2D eigenvalue weighted by atomic mass is 16.3. The highest BCUT2D eigenvalue weighted by molar-refractivity contribution is 5.95. The Labute approximate surface area is 85.8 Å². The third kappa shape index (κ3) is 1.29. The lowest BCUT2D eigenvalue weighted by Gasteiger charge is -2.27. The molecular formula is C9H11N3O3. The van der Waals surface area contributed by atoms with Crippen LogP contribution in [-0.4, -0.2) is 39.1 Å². The second kappa shape index (κ2) is 3.08. The fraction of sp³-hybridized carbons (Fsp3) is 0.444. The molecule has 1 N–H and O–H groups in total. The first-order valence-electron chi connectivity index (χ1n) is 4.58. The van der Waals surface area contributed by atoms with Crippen LogP contribution in [0, 0.1) is 6.92 Å². The van der Waals surface area contributed by atoms with Gasteiger partial charge in [0.05, 0.1) is 0 Å². The summed E-state index contributed by atoms with van der Waals surface area (Å²) in [6.07, 6.45) is 0. The van der Waals surface area contributed by atoms with E-state index in [9.17, 15) is 14.7 Å². The van der Waals surface area contributed by atoms with Gasteiger partial charge in [0.25, 0.3) is 5.91 Å². The molecule has 6 heteroatoms. The fourth-order valence-corrected chi connectivity index (χ4v) is 1.67. The number of aromatic hydroxyl groups is 1. The number of amides is 1. The molecule has 2 rings (SSSR count). The molecule has 15 heavy (non-hydrogen) atoms. The molecule has 0 saturated carbocycles. The third-order valence-electron chi connectivity index (χ3n) is 2.56. The van der Waals surface area contributed by atoms with Crippen LogP contribution in [0.1, 0.15) is 16.3 Å². The van der Waals surface area contributed by atoms with Gasteiger partial charge in [0.2, 0.25) is 5.75 Å². The number of carbonyl (C=O) groups is 1. The van der Waals surface area contributed by atoms with Crippen LogP contribution in [0.25, 0.3) is 0 Å². The van der Waals surface area contributed by atoms with Gasteiger partial charge in [0.15, 0.2) is 5.69 Å². The predicted molar refractivity (Wildman–Crippen MR) is 51.9 cm³/mol. The summed E-state index contributed by atoms with van der Waals surface area (Å²) in [4.78, 5) is 28.0. The monoisotopic (exact) mass is 209 g/mol. The molecule has 0 aliphatic carbocycles. The van der Waals surface area contributed by atoms with Gasteiger partial charge >= 0.3 is 5.56 Å². The van der Waals surface area contributed by atoms with Crippen molar-refractivity contribution in [2.75, 3.05) is 13.6 Å². The van der Waals surface area contributed by atoms with E-state index in [1.54, 1.807) is 18.5 Å². The van der Waals surface area contributed by atoms with Crippen molar-refractivity contribution >= 4 is 5.91 Å². The number of aryl methyl sites for hydroxylation is 1. The van der Waals surface area contributed by atoms with E-state index in [-0.39, 0.29) is 11.6 Å². The maximum Gasteiger partial charge on any atom is 0.315 e. The molecule has 0 unspecified atom stereocenters. The summed E-state index contributed by atoms with van der Waals surface area (Å²) in [7, 11) is 1.63. The van der Waals surface area contributed by atoms with Gasteiger partial charge in [-0.25, -0.2) is 0 Å². The van der Waals surface area contributed by atoms with E-state index in [0.29, 0.717) is 18.9 Å². The summed E-state index contributed by atoms with van der Waals surface area (Å²) < 4.78 is 1.57. The lowest BCUT2D eigenvalue weighted by Crippen LogP contribution is -2.40. The Bertz CT molecular complexity index is 492. The molecule has 1 aromatic rings. The van der Waals surface area contributed by atoms with Gasteiger partial charge in [-0.15, -0.1) is 0 Å². The summed E-state index contributed by atoms with van der Waals surface area (Å²) in [5.74, 6) is -0.451. The van der Waals surface area contributed by atoms with E-state index in [1.165, 1.54) is 4.90 Å². The minimum Gasteiger partial charge on any atom is -0.501 e. The van der Waals surface area contributed by atoms with Crippen LogP contribution in [0.15, 0.2) is 4.79 Å². The maximum absolute atomic E-state index is 11.7. The molecule has 0 atom stereocenters. The number of hydrogen-bond donors (Lipinski definition) is 1. The van der Waals surface area contributed by atoms with Crippen LogP contribution in [0.3, 0.4) is 0 Å². The van der Waals surface area contributed by atoms with E-state index >= 15 is 0 Å². The largest absolute Gasteiger partial charge is 0.501 e. The minimum absolute atomic E-state index is 0.0428. The quantitative estimate of drug-likeness (QED) is 0.615. The first-order chi connectivity index (χ1) is 7.02. The summed E-state index contributed by atoms with van der Waals surface area (Å²) >= 11 is 0. The smallest absolute Gasteiger partial charge is 0.315 e. The van der Waals surface area contributed by atoms with Gasteiger partial charge < -0.3 is 14.6 Å². The topological polar surface area (TPSA) is 75.4 Å². The number of fused-ring (bicyclic) bond motifs is 1. The van der Waals surface area contributed by atoms with Crippen LogP contribution in [0.4, 0.5) is 0 Å². The van der Waals surface area contributed by atoms with Crippen molar-refractivity contribution < 1.29 is 9.90 Å². The van der Waals surface area contributed by atoms with E-state index in [0.717, 1.165) is 0 Å². The van der Waals surface area contributed by atoms with Crippen molar-refractivity contribution in [3.8, 4) is 5.75 Å². The fourth-order valence-electron chi connectivity index (χ4n) is 1.67. The van der Waals surface area contributed by atoms with Crippen LogP contribution >= 0.6 is 0 Å². The summed E-state index contributed by atoms with van der Waals surface area (Å²) in [5.41, 5.74) is -0.705. The van der Waals surface area contributed by atoms with Gasteiger partial charge in [-0.3, -0.25) is 9.59 Å². The maximum atomic E-state index is 11.7. The molecule has 1 aliphatic heterocycles. The summed E-state index contributed by atoms with van der Waals surface area (Å²) in [6, 6.07) is 0. The number of likely N-dealkylation sites (N-methyl/N-ethyl adjacent to an activating group) is 1. The second-order valence-electron chi connectivity index (χ2n) is 3.54. The zero-order chi connectivity index (χ0) is 11.2. The van der Waals surface area contributed by atoms with Gasteiger partial charge in [0.1, 0.15) is 5.82 Å². The molecular weight excluding hydrogens is 198 g/mol. The molecule has 0 fully saturated rings. The van der Waals surface area contributed by atoms with Crippen molar-refractivity contribution in [1.82, 2.24) is 14.5 Å². The van der Waals surface area contributed by atoms with Gasteiger partial charge in [-0.05, 0) is 6.92 Å². The van der Waals surface area contributed by atoms with Crippen LogP contribution in [0.2, 0.25) is 0 Å². The summed E-state index contributed by atoms with van der Waals surface area (Å²) in [5, 5.41) is 9.51. The van der Waals surface area contributed by atoms with Gasteiger partial charge in [-0.2, -0.15) is 4.98 Å². The first-order valence-corrected chi connectivity index (χ1v) is 4.58. The van der Waals surface area contributed by atoms with Gasteiger partial charge in [-0.1, -0.05) is 0 Å². The number of rotatable bonds is 0. The molecule has 0 spiro atoms. The highest BCUT2D eigenvalue weighted by Gasteiger charge is 2.27. The molecule has 0 saturated heterocycles. The average Bonchev–Trinajstić information content (AvgIpc) is 2.19. The molecule has 0 bridgehead atoms.